The molecule has 1 aromatic heterocycles. The summed E-state index contributed by atoms with van der Waals surface area (Å²) in [5.74, 6) is 0.900. The quantitative estimate of drug-likeness (QED) is 0.668. The number of nitriles is 1. The summed E-state index contributed by atoms with van der Waals surface area (Å²) < 4.78 is 0. The van der Waals surface area contributed by atoms with Gasteiger partial charge >= 0.3 is 0 Å². The maximum atomic E-state index is 8.92. The van der Waals surface area contributed by atoms with Gasteiger partial charge in [-0.3, -0.25) is 0 Å². The van der Waals surface area contributed by atoms with E-state index in [1.165, 1.54) is 0 Å². The first-order valence-electron chi connectivity index (χ1n) is 9.56. The number of thiocarbonyl (C=S) groups is 1. The van der Waals surface area contributed by atoms with Gasteiger partial charge < -0.3 is 15.1 Å². The average molecular weight is 400 g/mol. The van der Waals surface area contributed by atoms with E-state index in [0.29, 0.717) is 5.56 Å². The van der Waals surface area contributed by atoms with Crippen LogP contribution in [-0.2, 0) is 0 Å². The lowest BCUT2D eigenvalue weighted by Crippen LogP contribution is -2.50. The summed E-state index contributed by atoms with van der Waals surface area (Å²) in [6.45, 7) is 3.31. The summed E-state index contributed by atoms with van der Waals surface area (Å²) in [5, 5.41) is 13.1. The number of rotatable bonds is 3. The third-order valence-electron chi connectivity index (χ3n) is 5.02. The smallest absolute Gasteiger partial charge is 0.173 e. The zero-order valence-corrected chi connectivity index (χ0v) is 16.8. The van der Waals surface area contributed by atoms with Gasteiger partial charge in [0.1, 0.15) is 11.9 Å². The van der Waals surface area contributed by atoms with Gasteiger partial charge in [-0.1, -0.05) is 48.5 Å². The molecule has 1 saturated heterocycles. The molecule has 6 heteroatoms. The highest BCUT2D eigenvalue weighted by Crippen LogP contribution is 2.28. The molecule has 29 heavy (non-hydrogen) atoms. The Labute approximate surface area is 176 Å². The third-order valence-corrected chi connectivity index (χ3v) is 5.38. The summed E-state index contributed by atoms with van der Waals surface area (Å²) in [5.41, 5.74) is 3.89. The second-order valence-electron chi connectivity index (χ2n) is 6.83. The molecule has 2 aromatic carbocycles. The Kier molecular flexibility index (Phi) is 5.68. The third kappa shape index (κ3) is 4.36. The molecule has 1 aliphatic rings. The van der Waals surface area contributed by atoms with Gasteiger partial charge in [0.25, 0.3) is 0 Å². The molecule has 0 saturated carbocycles. The first kappa shape index (κ1) is 18.9. The van der Waals surface area contributed by atoms with Crippen LogP contribution in [0.2, 0.25) is 0 Å². The van der Waals surface area contributed by atoms with Crippen LogP contribution in [0.1, 0.15) is 5.56 Å². The number of piperazine rings is 1. The van der Waals surface area contributed by atoms with Crippen LogP contribution in [0.5, 0.6) is 0 Å². The SMILES string of the molecule is N#Cc1ccc(N2CCN(C(=S)Nc3ccccc3-c3ccccc3)CC2)nc1. The minimum Gasteiger partial charge on any atom is -0.353 e. The second kappa shape index (κ2) is 8.72. The molecule has 4 rings (SSSR count). The highest BCUT2D eigenvalue weighted by atomic mass is 32.1. The minimum atomic E-state index is 0.579. The molecule has 5 nitrogen and oxygen atoms in total. The zero-order chi connectivity index (χ0) is 20.1. The Morgan fingerprint density at radius 3 is 2.34 bits per heavy atom. The van der Waals surface area contributed by atoms with E-state index in [-0.39, 0.29) is 0 Å². The highest BCUT2D eigenvalue weighted by molar-refractivity contribution is 7.80. The molecule has 0 bridgehead atoms. The average Bonchev–Trinajstić information content (AvgIpc) is 2.80. The van der Waals surface area contributed by atoms with E-state index in [9.17, 15) is 0 Å². The van der Waals surface area contributed by atoms with Crippen molar-refractivity contribution < 1.29 is 0 Å². The van der Waals surface area contributed by atoms with Crippen molar-refractivity contribution in [1.82, 2.24) is 9.88 Å². The molecule has 1 aliphatic heterocycles. The fraction of sp³-hybridized carbons (Fsp3) is 0.174. The molecule has 0 aliphatic carbocycles. The van der Waals surface area contributed by atoms with E-state index in [1.54, 1.807) is 12.3 Å². The van der Waals surface area contributed by atoms with E-state index in [1.807, 2.05) is 36.4 Å². The van der Waals surface area contributed by atoms with Crippen molar-refractivity contribution in [3.8, 4) is 17.2 Å². The Morgan fingerprint density at radius 1 is 0.931 bits per heavy atom. The van der Waals surface area contributed by atoms with Crippen LogP contribution >= 0.6 is 12.2 Å². The Hall–Kier alpha value is -3.43. The van der Waals surface area contributed by atoms with Crippen LogP contribution in [0.15, 0.2) is 72.9 Å². The summed E-state index contributed by atoms with van der Waals surface area (Å²) in [6.07, 6.45) is 1.62. The molecule has 0 spiro atoms. The van der Waals surface area contributed by atoms with Crippen molar-refractivity contribution in [2.75, 3.05) is 36.4 Å². The van der Waals surface area contributed by atoms with Gasteiger partial charge in [-0.25, -0.2) is 4.98 Å². The molecule has 1 fully saturated rings. The van der Waals surface area contributed by atoms with Crippen LogP contribution in [0.25, 0.3) is 11.1 Å². The Balaban J connectivity index is 1.40. The Morgan fingerprint density at radius 2 is 1.66 bits per heavy atom. The van der Waals surface area contributed by atoms with Crippen LogP contribution in [-0.4, -0.2) is 41.2 Å². The van der Waals surface area contributed by atoms with E-state index in [0.717, 1.165) is 53.9 Å². The molecule has 144 valence electrons. The van der Waals surface area contributed by atoms with Crippen LogP contribution in [0, 0.1) is 11.3 Å². The number of nitrogens with one attached hydrogen (secondary N) is 1. The number of hydrogen-bond acceptors (Lipinski definition) is 4. The maximum absolute atomic E-state index is 8.92. The largest absolute Gasteiger partial charge is 0.353 e. The number of para-hydroxylation sites is 1. The number of aromatic nitrogens is 1. The monoisotopic (exact) mass is 399 g/mol. The lowest BCUT2D eigenvalue weighted by Gasteiger charge is -2.37. The van der Waals surface area contributed by atoms with Crippen molar-refractivity contribution in [1.29, 1.82) is 5.26 Å². The lowest BCUT2D eigenvalue weighted by atomic mass is 10.0. The van der Waals surface area contributed by atoms with Crippen molar-refractivity contribution in [3.05, 3.63) is 78.5 Å². The molecule has 0 radical (unpaired) electrons. The summed E-state index contributed by atoms with van der Waals surface area (Å²) in [4.78, 5) is 8.80. The molecule has 0 unspecified atom stereocenters. The molecule has 0 atom stereocenters. The highest BCUT2D eigenvalue weighted by Gasteiger charge is 2.20. The van der Waals surface area contributed by atoms with Gasteiger partial charge in [0.15, 0.2) is 5.11 Å². The van der Waals surface area contributed by atoms with Crippen molar-refractivity contribution in [2.24, 2.45) is 0 Å². The van der Waals surface area contributed by atoms with Crippen molar-refractivity contribution in [2.45, 2.75) is 0 Å². The van der Waals surface area contributed by atoms with E-state index in [4.69, 9.17) is 17.5 Å². The van der Waals surface area contributed by atoms with Crippen molar-refractivity contribution in [3.63, 3.8) is 0 Å². The number of benzene rings is 2. The summed E-state index contributed by atoms with van der Waals surface area (Å²) >= 11 is 5.70. The fourth-order valence-corrected chi connectivity index (χ4v) is 3.73. The van der Waals surface area contributed by atoms with E-state index < -0.39 is 0 Å². The zero-order valence-electron chi connectivity index (χ0n) is 16.0. The lowest BCUT2D eigenvalue weighted by molar-refractivity contribution is 0.389. The predicted molar refractivity (Wildman–Crippen MR) is 121 cm³/mol. The Bertz CT molecular complexity index is 1020. The second-order valence-corrected chi connectivity index (χ2v) is 7.22. The fourth-order valence-electron chi connectivity index (χ4n) is 3.43. The standard InChI is InChI=1S/C23H21N5S/c24-16-18-10-11-22(25-17-18)27-12-14-28(15-13-27)23(29)26-21-9-5-4-8-20(21)19-6-2-1-3-7-19/h1-11,17H,12-15H2,(H,26,29). The van der Waals surface area contributed by atoms with Crippen LogP contribution in [0.3, 0.4) is 0 Å². The van der Waals surface area contributed by atoms with Gasteiger partial charge in [0.05, 0.1) is 5.56 Å². The first-order chi connectivity index (χ1) is 14.2. The molecule has 1 N–H and O–H groups in total. The van der Waals surface area contributed by atoms with Crippen LogP contribution < -0.4 is 10.2 Å². The summed E-state index contributed by atoms with van der Waals surface area (Å²) in [6, 6.07) is 24.4. The van der Waals surface area contributed by atoms with Gasteiger partial charge in [-0.05, 0) is 36.0 Å². The molecule has 0 amide bonds. The molecule has 3 aromatic rings. The number of anilines is 2. The minimum absolute atomic E-state index is 0.579. The van der Waals surface area contributed by atoms with Gasteiger partial charge in [0, 0.05) is 43.6 Å². The van der Waals surface area contributed by atoms with Crippen molar-refractivity contribution >= 4 is 28.8 Å². The number of hydrogen-bond donors (Lipinski definition) is 1. The van der Waals surface area contributed by atoms with Gasteiger partial charge in [0.2, 0.25) is 0 Å². The van der Waals surface area contributed by atoms with E-state index in [2.05, 4.69) is 50.4 Å². The topological polar surface area (TPSA) is 55.2 Å². The predicted octanol–water partition coefficient (Wildman–Crippen LogP) is 4.14. The number of nitrogens with zero attached hydrogens (tertiary/aromatic N) is 4. The number of pyridine rings is 1. The normalized spacial score (nSPS) is 13.6. The summed E-state index contributed by atoms with van der Waals surface area (Å²) in [7, 11) is 0. The van der Waals surface area contributed by atoms with Gasteiger partial charge in [-0.15, -0.1) is 0 Å². The molecule has 2 heterocycles. The molecular weight excluding hydrogens is 378 g/mol. The first-order valence-corrected chi connectivity index (χ1v) is 9.97. The maximum Gasteiger partial charge on any atom is 0.173 e. The van der Waals surface area contributed by atoms with Crippen LogP contribution in [0.4, 0.5) is 11.5 Å². The van der Waals surface area contributed by atoms with Gasteiger partial charge in [-0.2, -0.15) is 5.26 Å². The molecular formula is C23H21N5S. The van der Waals surface area contributed by atoms with E-state index >= 15 is 0 Å².